The number of aliphatic hydroxyl groups is 1. The van der Waals surface area contributed by atoms with Crippen LogP contribution in [0.15, 0.2) is 24.3 Å². The molecule has 1 aromatic rings. The first kappa shape index (κ1) is 23.3. The largest absolute Gasteiger partial charge is 0.391 e. The fourth-order valence-corrected chi connectivity index (χ4v) is 5.66. The normalized spacial score (nSPS) is 19.6. The van der Waals surface area contributed by atoms with Crippen molar-refractivity contribution in [1.82, 2.24) is 5.32 Å². The summed E-state index contributed by atoms with van der Waals surface area (Å²) in [7, 11) is -3.29. The van der Waals surface area contributed by atoms with E-state index in [9.17, 15) is 14.6 Å². The average molecular weight is 445 g/mol. The van der Waals surface area contributed by atoms with Crippen LogP contribution in [0.3, 0.4) is 0 Å². The zero-order valence-corrected chi connectivity index (χ0v) is 17.9. The van der Waals surface area contributed by atoms with Crippen LogP contribution in [-0.2, 0) is 4.57 Å². The van der Waals surface area contributed by atoms with Crippen molar-refractivity contribution in [3.8, 4) is 6.07 Å². The van der Waals surface area contributed by atoms with Gasteiger partial charge in [-0.25, -0.2) is 0 Å². The first-order valence-corrected chi connectivity index (χ1v) is 11.1. The molecule has 2 rings (SSSR count). The molecule has 3 N–H and O–H groups in total. The van der Waals surface area contributed by atoms with E-state index in [4.69, 9.17) is 5.26 Å². The number of nitrogens with one attached hydrogen (secondary N) is 1. The van der Waals surface area contributed by atoms with E-state index in [1.807, 2.05) is 25.1 Å². The molecular formula is C19H30BrN2O3P. The van der Waals surface area contributed by atoms with Gasteiger partial charge in [0.15, 0.2) is 0 Å². The van der Waals surface area contributed by atoms with E-state index in [1.54, 1.807) is 6.07 Å². The molecule has 3 atom stereocenters. The molecule has 1 saturated carbocycles. The van der Waals surface area contributed by atoms with Gasteiger partial charge in [0.25, 0.3) is 0 Å². The van der Waals surface area contributed by atoms with Gasteiger partial charge in [0.1, 0.15) is 0 Å². The highest BCUT2D eigenvalue weighted by molar-refractivity contribution is 8.93. The molecule has 1 aliphatic rings. The third-order valence-corrected chi connectivity index (χ3v) is 7.02. The van der Waals surface area contributed by atoms with Crippen LogP contribution >= 0.6 is 24.4 Å². The van der Waals surface area contributed by atoms with Crippen LogP contribution in [0.2, 0.25) is 0 Å². The van der Waals surface area contributed by atoms with Crippen molar-refractivity contribution in [3.05, 3.63) is 35.4 Å². The first-order valence-electron chi connectivity index (χ1n) is 9.12. The lowest BCUT2D eigenvalue weighted by atomic mass is 9.91. The van der Waals surface area contributed by atoms with Gasteiger partial charge >= 0.3 is 0 Å². The standard InChI is InChI=1S/C19H29N2O3P.BrH/c1-15(18-9-5-8-17(10-18)11-20)21-12-19(22)14-25(23,24)13-16-6-3-2-4-7-16;/h5,8-10,15-16,19,21-22H,2-4,6-7,12-14H2,1H3,(H,23,24);1H/t15-,19-;/m0./s1. The summed E-state index contributed by atoms with van der Waals surface area (Å²) in [5.41, 5.74) is 1.56. The summed E-state index contributed by atoms with van der Waals surface area (Å²) in [4.78, 5) is 10.2. The highest BCUT2D eigenvalue weighted by atomic mass is 79.9. The van der Waals surface area contributed by atoms with Crippen molar-refractivity contribution in [3.63, 3.8) is 0 Å². The molecule has 7 heteroatoms. The average Bonchev–Trinajstić information content (AvgIpc) is 2.59. The summed E-state index contributed by atoms with van der Waals surface area (Å²) in [5, 5.41) is 22.3. The third-order valence-electron chi connectivity index (χ3n) is 4.94. The Kier molecular flexibility index (Phi) is 10.1. The molecule has 1 fully saturated rings. The zero-order chi connectivity index (χ0) is 18.3. The van der Waals surface area contributed by atoms with E-state index < -0.39 is 13.5 Å². The Morgan fingerprint density at radius 2 is 2.04 bits per heavy atom. The van der Waals surface area contributed by atoms with Crippen molar-refractivity contribution in [1.29, 1.82) is 5.26 Å². The number of nitrogens with zero attached hydrogens (tertiary/aromatic N) is 1. The lowest BCUT2D eigenvalue weighted by Crippen LogP contribution is -2.32. The van der Waals surface area contributed by atoms with Gasteiger partial charge in [-0.3, -0.25) is 4.57 Å². The Morgan fingerprint density at radius 1 is 1.35 bits per heavy atom. The van der Waals surface area contributed by atoms with Crippen LogP contribution in [0, 0.1) is 17.2 Å². The number of benzene rings is 1. The molecular weight excluding hydrogens is 415 g/mol. The number of nitriles is 1. The lowest BCUT2D eigenvalue weighted by molar-refractivity contribution is 0.186. The van der Waals surface area contributed by atoms with Crippen molar-refractivity contribution in [2.75, 3.05) is 18.9 Å². The summed E-state index contributed by atoms with van der Waals surface area (Å²) in [5.74, 6) is 0.331. The van der Waals surface area contributed by atoms with Gasteiger partial charge in [-0.1, -0.05) is 31.4 Å². The van der Waals surface area contributed by atoms with Gasteiger partial charge in [0.2, 0.25) is 7.37 Å². The van der Waals surface area contributed by atoms with Crippen molar-refractivity contribution in [2.45, 2.75) is 51.2 Å². The van der Waals surface area contributed by atoms with Gasteiger partial charge in [-0.15, -0.1) is 17.0 Å². The van der Waals surface area contributed by atoms with Crippen LogP contribution in [0.5, 0.6) is 0 Å². The molecule has 0 aliphatic heterocycles. The maximum Gasteiger partial charge on any atom is 0.203 e. The second-order valence-electron chi connectivity index (χ2n) is 7.24. The summed E-state index contributed by atoms with van der Waals surface area (Å²) < 4.78 is 12.4. The maximum absolute atomic E-state index is 12.4. The van der Waals surface area contributed by atoms with Gasteiger partial charge < -0.3 is 15.3 Å². The van der Waals surface area contributed by atoms with Crippen LogP contribution in [0.4, 0.5) is 0 Å². The summed E-state index contributed by atoms with van der Waals surface area (Å²) in [6.45, 7) is 2.21. The number of aliphatic hydroxyl groups excluding tert-OH is 1. The highest BCUT2D eigenvalue weighted by Crippen LogP contribution is 2.45. The molecule has 0 heterocycles. The fraction of sp³-hybridized carbons (Fsp3) is 0.632. The van der Waals surface area contributed by atoms with Gasteiger partial charge in [-0.2, -0.15) is 5.26 Å². The van der Waals surface area contributed by atoms with Gasteiger partial charge in [0, 0.05) is 18.7 Å². The van der Waals surface area contributed by atoms with Crippen LogP contribution in [0.25, 0.3) is 0 Å². The molecule has 0 amide bonds. The minimum absolute atomic E-state index is 0. The van der Waals surface area contributed by atoms with Crippen LogP contribution in [-0.4, -0.2) is 35.0 Å². The van der Waals surface area contributed by atoms with Crippen molar-refractivity contribution < 1.29 is 14.6 Å². The molecule has 0 saturated heterocycles. The van der Waals surface area contributed by atoms with Crippen molar-refractivity contribution >= 4 is 24.4 Å². The SMILES string of the molecule is Br.C[C@H](NC[C@H](O)CP(=O)(O)CC1CCCCC1)c1cccc(C#N)c1. The molecule has 1 aliphatic carbocycles. The van der Waals surface area contributed by atoms with E-state index >= 15 is 0 Å². The first-order chi connectivity index (χ1) is 11.9. The van der Waals surface area contributed by atoms with E-state index in [1.165, 1.54) is 6.42 Å². The Balaban J connectivity index is 0.00000338. The fourth-order valence-electron chi connectivity index (χ4n) is 3.55. The molecule has 26 heavy (non-hydrogen) atoms. The Bertz CT molecular complexity index is 644. The number of halogens is 1. The summed E-state index contributed by atoms with van der Waals surface area (Å²) in [6, 6.07) is 9.37. The Labute approximate surface area is 167 Å². The van der Waals surface area contributed by atoms with E-state index in [0.29, 0.717) is 17.6 Å². The summed E-state index contributed by atoms with van der Waals surface area (Å²) in [6.07, 6.45) is 5.02. The molecule has 1 unspecified atom stereocenters. The third kappa shape index (κ3) is 7.90. The van der Waals surface area contributed by atoms with Crippen molar-refractivity contribution in [2.24, 2.45) is 5.92 Å². The van der Waals surface area contributed by atoms with Crippen LogP contribution in [0.1, 0.15) is 56.2 Å². The second-order valence-corrected chi connectivity index (χ2v) is 9.66. The lowest BCUT2D eigenvalue weighted by Gasteiger charge is -2.25. The topological polar surface area (TPSA) is 93.3 Å². The number of hydrogen-bond acceptors (Lipinski definition) is 4. The number of rotatable bonds is 8. The second kappa shape index (κ2) is 11.2. The molecule has 0 aromatic heterocycles. The monoisotopic (exact) mass is 444 g/mol. The molecule has 0 spiro atoms. The van der Waals surface area contributed by atoms with Gasteiger partial charge in [0.05, 0.1) is 23.9 Å². The maximum atomic E-state index is 12.4. The molecule has 0 radical (unpaired) electrons. The number of hydrogen-bond donors (Lipinski definition) is 3. The highest BCUT2D eigenvalue weighted by Gasteiger charge is 2.28. The summed E-state index contributed by atoms with van der Waals surface area (Å²) >= 11 is 0. The smallest absolute Gasteiger partial charge is 0.203 e. The molecule has 146 valence electrons. The Hall–Kier alpha value is -0.700. The molecule has 0 bridgehead atoms. The van der Waals surface area contributed by atoms with Gasteiger partial charge in [-0.05, 0) is 43.4 Å². The van der Waals surface area contributed by atoms with Crippen LogP contribution < -0.4 is 5.32 Å². The van der Waals surface area contributed by atoms with E-state index in [0.717, 1.165) is 31.2 Å². The predicted molar refractivity (Wildman–Crippen MR) is 110 cm³/mol. The quantitative estimate of drug-likeness (QED) is 0.526. The molecule has 1 aromatic carbocycles. The Morgan fingerprint density at radius 3 is 2.69 bits per heavy atom. The minimum atomic E-state index is -3.29. The molecule has 5 nitrogen and oxygen atoms in total. The van der Waals surface area contributed by atoms with E-state index in [2.05, 4.69) is 11.4 Å². The van der Waals surface area contributed by atoms with E-state index in [-0.39, 0.29) is 35.7 Å². The predicted octanol–water partition coefficient (Wildman–Crippen LogP) is 4.00. The minimum Gasteiger partial charge on any atom is -0.391 e. The zero-order valence-electron chi connectivity index (χ0n) is 15.3.